The van der Waals surface area contributed by atoms with Crippen LogP contribution in [0.4, 0.5) is 26.4 Å². The van der Waals surface area contributed by atoms with E-state index >= 15 is 0 Å². The van der Waals surface area contributed by atoms with Crippen LogP contribution in [0.25, 0.3) is 0 Å². The molecule has 1 heterocycles. The van der Waals surface area contributed by atoms with E-state index in [1.165, 1.54) is 32.2 Å². The van der Waals surface area contributed by atoms with Crippen molar-refractivity contribution in [1.29, 1.82) is 0 Å². The van der Waals surface area contributed by atoms with E-state index in [9.17, 15) is 27.5 Å². The first-order chi connectivity index (χ1) is 19.0. The minimum atomic E-state index is -4.53. The maximum Gasteiger partial charge on any atom is 0.429 e. The number of pyridine rings is 1. The molecule has 41 heavy (non-hydrogen) atoms. The Labute approximate surface area is 254 Å². The third-order valence-corrected chi connectivity index (χ3v) is 9.86. The summed E-state index contributed by atoms with van der Waals surface area (Å²) in [5.74, 6) is -0.748. The number of aromatic nitrogens is 1. The fourth-order valence-corrected chi connectivity index (χ4v) is 6.87. The zero-order chi connectivity index (χ0) is 30.8. The number of ether oxygens (including phenoxy) is 2. The molecule has 0 unspecified atom stereocenters. The lowest BCUT2D eigenvalue weighted by Crippen LogP contribution is -2.48. The number of benzene rings is 1. The van der Waals surface area contributed by atoms with Crippen molar-refractivity contribution in [1.82, 2.24) is 4.57 Å². The zero-order valence-electron chi connectivity index (χ0n) is 24.3. The van der Waals surface area contributed by atoms with Crippen molar-refractivity contribution in [3.05, 3.63) is 49.6 Å². The number of halogens is 2. The molecular formula is C28H39FIN3O7S. The summed E-state index contributed by atoms with van der Waals surface area (Å²) in [5.41, 5.74) is -1.58. The van der Waals surface area contributed by atoms with Gasteiger partial charge in [-0.3, -0.25) is 9.36 Å². The van der Waals surface area contributed by atoms with E-state index < -0.39 is 43.9 Å². The van der Waals surface area contributed by atoms with Gasteiger partial charge in [0.1, 0.15) is 22.9 Å². The lowest BCUT2D eigenvalue weighted by atomic mass is 10.2. The number of aliphatic hydroxyl groups excluding tert-OH is 1. The van der Waals surface area contributed by atoms with Crippen molar-refractivity contribution in [3.8, 4) is 0 Å². The molecule has 2 aromatic rings. The Kier molecular flexibility index (Phi) is 10.5. The molecule has 0 radical (unpaired) electrons. The fourth-order valence-electron chi connectivity index (χ4n) is 4.38. The van der Waals surface area contributed by atoms with Crippen LogP contribution >= 0.6 is 22.6 Å². The number of unbranched alkanes of at least 4 members (excludes halogenated alkanes) is 1. The van der Waals surface area contributed by atoms with Crippen LogP contribution < -0.4 is 15.2 Å². The highest BCUT2D eigenvalue weighted by Crippen LogP contribution is 2.50. The minimum Gasteiger partial charge on any atom is -0.443 e. The van der Waals surface area contributed by atoms with Crippen LogP contribution in [0.15, 0.2) is 29.1 Å². The van der Waals surface area contributed by atoms with Gasteiger partial charge in [-0.1, -0.05) is 13.3 Å². The molecule has 10 nitrogen and oxygen atoms in total. The summed E-state index contributed by atoms with van der Waals surface area (Å²) in [6, 6.07) is 5.65. The Morgan fingerprint density at radius 3 is 2.51 bits per heavy atom. The number of hydrogen-bond donors (Lipinski definition) is 2. The summed E-state index contributed by atoms with van der Waals surface area (Å²) < 4.78 is 55.5. The summed E-state index contributed by atoms with van der Waals surface area (Å²) in [4.78, 5) is 26.6. The molecule has 3 rings (SSSR count). The average molecular weight is 708 g/mol. The van der Waals surface area contributed by atoms with Gasteiger partial charge in [-0.05, 0) is 100 Å². The second-order valence-electron chi connectivity index (χ2n) is 11.4. The molecule has 1 aliphatic carbocycles. The predicted octanol–water partition coefficient (Wildman–Crippen LogP) is 5.35. The molecule has 1 aromatic heterocycles. The van der Waals surface area contributed by atoms with E-state index in [2.05, 4.69) is 5.32 Å². The molecule has 1 amide bonds. The van der Waals surface area contributed by atoms with Crippen LogP contribution in [-0.4, -0.2) is 53.9 Å². The molecule has 1 fully saturated rings. The normalized spacial score (nSPS) is 15.3. The Morgan fingerprint density at radius 1 is 1.29 bits per heavy atom. The second kappa shape index (κ2) is 13.0. The lowest BCUT2D eigenvalue weighted by Gasteiger charge is -2.32. The average Bonchev–Trinajstić information content (AvgIpc) is 3.64. The molecule has 1 aliphatic rings. The van der Waals surface area contributed by atoms with Gasteiger partial charge in [0.25, 0.3) is 5.56 Å². The number of carbonyl (C=O) groups is 1. The van der Waals surface area contributed by atoms with Crippen molar-refractivity contribution < 1.29 is 32.2 Å². The van der Waals surface area contributed by atoms with Gasteiger partial charge < -0.3 is 19.9 Å². The van der Waals surface area contributed by atoms with Gasteiger partial charge in [0, 0.05) is 22.8 Å². The summed E-state index contributed by atoms with van der Waals surface area (Å²) >= 11 is 1.95. The van der Waals surface area contributed by atoms with Crippen LogP contribution in [0.5, 0.6) is 0 Å². The number of anilines is 3. The first-order valence-electron chi connectivity index (χ1n) is 13.5. The summed E-state index contributed by atoms with van der Waals surface area (Å²) in [6.07, 6.45) is -0.266. The smallest absolute Gasteiger partial charge is 0.429 e. The van der Waals surface area contributed by atoms with Crippen molar-refractivity contribution in [2.45, 2.75) is 83.2 Å². The first-order valence-corrected chi connectivity index (χ1v) is 16.0. The van der Waals surface area contributed by atoms with Crippen LogP contribution in [0.3, 0.4) is 0 Å². The number of carbonyl (C=O) groups excluding carboxylic acids is 1. The molecule has 1 atom stereocenters. The molecule has 0 saturated heterocycles. The van der Waals surface area contributed by atoms with Gasteiger partial charge in [-0.15, -0.1) is 0 Å². The maximum absolute atomic E-state index is 14.9. The Morgan fingerprint density at radius 2 is 1.95 bits per heavy atom. The fraction of sp³-hybridized carbons (Fsp3) is 0.571. The zero-order valence-corrected chi connectivity index (χ0v) is 27.3. The number of sulfonamides is 1. The first kappa shape index (κ1) is 33.3. The molecule has 2 N–H and O–H groups in total. The highest BCUT2D eigenvalue weighted by molar-refractivity contribution is 14.1. The molecule has 1 aromatic carbocycles. The molecule has 0 spiro atoms. The van der Waals surface area contributed by atoms with E-state index in [-0.39, 0.29) is 48.6 Å². The van der Waals surface area contributed by atoms with E-state index in [0.29, 0.717) is 14.5 Å². The largest absolute Gasteiger partial charge is 0.443 e. The topological polar surface area (TPSA) is 127 Å². The van der Waals surface area contributed by atoms with Gasteiger partial charge >= 0.3 is 6.09 Å². The van der Waals surface area contributed by atoms with Crippen LogP contribution in [0.1, 0.15) is 65.4 Å². The molecular weight excluding hydrogens is 668 g/mol. The molecule has 1 saturated carbocycles. The standard InChI is InChI=1S/C28H39FIN3O7S/c1-7-8-13-39-17-20(34)16-28(11-12-28)41(37,38)33(26(36)40-27(3,4)5)23-14-18(2)25(35)32(6)24(23)31-22-10-9-19(30)15-21(22)29/h9-10,14-15,20,31,34H,7-8,11-13,16-17H2,1-6H3/t20-/m0/s1. The van der Waals surface area contributed by atoms with Crippen molar-refractivity contribution in [2.24, 2.45) is 7.05 Å². The molecule has 13 heteroatoms. The number of rotatable bonds is 12. The number of nitrogens with zero attached hydrogens (tertiary/aromatic N) is 2. The van der Waals surface area contributed by atoms with Gasteiger partial charge in [-0.25, -0.2) is 17.6 Å². The number of hydrogen-bond acceptors (Lipinski definition) is 8. The Bertz CT molecular complexity index is 1440. The number of aryl methyl sites for hydroxylation is 1. The van der Waals surface area contributed by atoms with E-state index in [4.69, 9.17) is 9.47 Å². The van der Waals surface area contributed by atoms with Crippen LogP contribution in [-0.2, 0) is 26.5 Å². The molecule has 0 aliphatic heterocycles. The maximum atomic E-state index is 14.9. The SMILES string of the molecule is CCCCOC[C@@H](O)CC1(S(=O)(=O)N(C(=O)OC(C)(C)C)c2cc(C)c(=O)n(C)c2Nc2ccc(I)cc2F)CC1. The third-order valence-electron chi connectivity index (χ3n) is 6.69. The summed E-state index contributed by atoms with van der Waals surface area (Å²) in [7, 11) is -3.13. The highest BCUT2D eigenvalue weighted by Gasteiger charge is 2.60. The van der Waals surface area contributed by atoms with Crippen LogP contribution in [0.2, 0.25) is 0 Å². The lowest BCUT2D eigenvalue weighted by molar-refractivity contribution is 0.0299. The van der Waals surface area contributed by atoms with Gasteiger partial charge in [0.05, 0.1) is 23.1 Å². The van der Waals surface area contributed by atoms with E-state index in [0.717, 1.165) is 17.4 Å². The summed E-state index contributed by atoms with van der Waals surface area (Å²) in [6.45, 7) is 8.71. The molecule has 228 valence electrons. The monoisotopic (exact) mass is 707 g/mol. The van der Waals surface area contributed by atoms with Crippen molar-refractivity contribution in [2.75, 3.05) is 22.8 Å². The predicted molar refractivity (Wildman–Crippen MR) is 165 cm³/mol. The van der Waals surface area contributed by atoms with Crippen molar-refractivity contribution in [3.63, 3.8) is 0 Å². The minimum absolute atomic E-state index is 0.0205. The quantitative estimate of drug-likeness (QED) is 0.223. The van der Waals surface area contributed by atoms with E-state index in [1.807, 2.05) is 29.5 Å². The Hall–Kier alpha value is -2.23. The third kappa shape index (κ3) is 7.79. The Balaban J connectivity index is 2.14. The second-order valence-corrected chi connectivity index (χ2v) is 14.8. The van der Waals surface area contributed by atoms with Crippen LogP contribution in [0, 0.1) is 16.3 Å². The van der Waals surface area contributed by atoms with Gasteiger partial charge in [-0.2, -0.15) is 4.31 Å². The number of amides is 1. The van der Waals surface area contributed by atoms with Gasteiger partial charge in [0.15, 0.2) is 0 Å². The number of aliphatic hydroxyl groups is 1. The van der Waals surface area contributed by atoms with E-state index in [1.54, 1.807) is 26.8 Å². The van der Waals surface area contributed by atoms with Gasteiger partial charge in [0.2, 0.25) is 10.0 Å². The van der Waals surface area contributed by atoms with Crippen molar-refractivity contribution >= 4 is 55.9 Å². The molecule has 0 bridgehead atoms. The highest BCUT2D eigenvalue weighted by atomic mass is 127. The number of nitrogens with one attached hydrogen (secondary N) is 1. The summed E-state index contributed by atoms with van der Waals surface area (Å²) in [5, 5.41) is 13.5.